The Morgan fingerprint density at radius 3 is 1.67 bits per heavy atom. The Kier molecular flexibility index (Phi) is 9.92. The van der Waals surface area contributed by atoms with Gasteiger partial charge in [0.05, 0.1) is 0 Å². The first kappa shape index (κ1) is 25.9. The van der Waals surface area contributed by atoms with Gasteiger partial charge in [-0.3, -0.25) is 0 Å². The fraction of sp³-hybridized carbons (Fsp3) is 0.357. The van der Waals surface area contributed by atoms with Crippen LogP contribution in [0.25, 0.3) is 0 Å². The van der Waals surface area contributed by atoms with Crippen LogP contribution in [0.15, 0.2) is 78.9 Å². The molecule has 0 radical (unpaired) electrons. The van der Waals surface area contributed by atoms with Crippen molar-refractivity contribution in [3.63, 3.8) is 0 Å². The molecule has 176 valence electrons. The van der Waals surface area contributed by atoms with E-state index in [9.17, 15) is 0 Å². The summed E-state index contributed by atoms with van der Waals surface area (Å²) in [6.07, 6.45) is 2.95. The van der Waals surface area contributed by atoms with E-state index in [0.29, 0.717) is 11.8 Å². The molecule has 0 aliphatic heterocycles. The van der Waals surface area contributed by atoms with Gasteiger partial charge in [-0.25, -0.2) is 0 Å². The highest BCUT2D eigenvalue weighted by Gasteiger charge is 2.24. The van der Waals surface area contributed by atoms with Crippen LogP contribution >= 0.6 is 17.1 Å². The Morgan fingerprint density at radius 2 is 1.18 bits per heavy atom. The zero-order chi connectivity index (χ0) is 23.7. The van der Waals surface area contributed by atoms with E-state index in [1.54, 1.807) is 11.4 Å². The maximum absolute atomic E-state index is 6.45. The molecule has 0 atom stereocenters. The summed E-state index contributed by atoms with van der Waals surface area (Å²) in [6, 6.07) is 27.1. The lowest BCUT2D eigenvalue weighted by molar-refractivity contribution is 0.504. The quantitative estimate of drug-likeness (QED) is 0.232. The van der Waals surface area contributed by atoms with Gasteiger partial charge in [0.2, 0.25) is 0 Å². The third-order valence-corrected chi connectivity index (χ3v) is 9.91. The van der Waals surface area contributed by atoms with Gasteiger partial charge in [0.25, 0.3) is 0 Å². The molecule has 3 rings (SSSR count). The molecule has 3 aromatic carbocycles. The van der Waals surface area contributed by atoms with Crippen LogP contribution in [0.4, 0.5) is 0 Å². The summed E-state index contributed by atoms with van der Waals surface area (Å²) >= 11 is 7.70. The second-order valence-electron chi connectivity index (χ2n) is 9.19. The average Bonchev–Trinajstić information content (AvgIpc) is 2.74. The van der Waals surface area contributed by atoms with E-state index in [4.69, 9.17) is 20.9 Å². The van der Waals surface area contributed by atoms with E-state index in [-0.39, 0.29) is 0 Å². The Morgan fingerprint density at radius 1 is 0.697 bits per heavy atom. The predicted molar refractivity (Wildman–Crippen MR) is 148 cm³/mol. The maximum Gasteiger partial charge on any atom is 0.348 e. The Bertz CT molecular complexity index is 991. The highest BCUT2D eigenvalue weighted by atomic mass is 32.9. The SMILES string of the molecule is CC(C)Cc1cccc(OP(=S)(Oc2cccc(CC(C)C)c2)SCCc2ccccc2)c1. The van der Waals surface area contributed by atoms with E-state index in [2.05, 4.69) is 76.2 Å². The van der Waals surface area contributed by atoms with E-state index >= 15 is 0 Å². The van der Waals surface area contributed by atoms with Crippen LogP contribution < -0.4 is 9.05 Å². The van der Waals surface area contributed by atoms with Crippen LogP contribution in [0.2, 0.25) is 0 Å². The minimum absolute atomic E-state index is 0.587. The zero-order valence-electron chi connectivity index (χ0n) is 20.1. The highest BCUT2D eigenvalue weighted by molar-refractivity contribution is 8.68. The van der Waals surface area contributed by atoms with Gasteiger partial charge in [-0.15, -0.1) is 0 Å². The van der Waals surface area contributed by atoms with Crippen molar-refractivity contribution in [2.45, 2.75) is 47.0 Å². The molecule has 0 fully saturated rings. The fourth-order valence-electron chi connectivity index (χ4n) is 3.65. The van der Waals surface area contributed by atoms with Gasteiger partial charge in [0.1, 0.15) is 11.5 Å². The van der Waals surface area contributed by atoms with Crippen LogP contribution in [0.3, 0.4) is 0 Å². The molecule has 3 aromatic rings. The molecule has 0 unspecified atom stereocenters. The maximum atomic E-state index is 6.45. The molecule has 0 aliphatic carbocycles. The monoisotopic (exact) mass is 498 g/mol. The average molecular weight is 499 g/mol. The second kappa shape index (κ2) is 12.6. The van der Waals surface area contributed by atoms with Crippen LogP contribution in [-0.2, 0) is 31.1 Å². The lowest BCUT2D eigenvalue weighted by atomic mass is 10.0. The Labute approximate surface area is 209 Å². The smallest absolute Gasteiger partial charge is 0.348 e. The van der Waals surface area contributed by atoms with E-state index < -0.39 is 5.69 Å². The van der Waals surface area contributed by atoms with E-state index in [0.717, 1.165) is 36.5 Å². The summed E-state index contributed by atoms with van der Waals surface area (Å²) in [5, 5.41) is 0. The standard InChI is InChI=1S/C28H35O2PS2/c1-22(2)18-25-12-8-14-27(20-25)29-31(32,33-17-16-24-10-6-5-7-11-24)30-28-15-9-13-26(21-28)19-23(3)4/h5-15,20-23H,16-19H2,1-4H3. The molecule has 0 saturated carbocycles. The lowest BCUT2D eigenvalue weighted by Gasteiger charge is -2.23. The number of benzene rings is 3. The second-order valence-corrected chi connectivity index (χ2v) is 15.5. The van der Waals surface area contributed by atoms with Gasteiger partial charge in [-0.1, -0.05) is 82.3 Å². The van der Waals surface area contributed by atoms with Crippen molar-refractivity contribution in [3.8, 4) is 11.5 Å². The number of aryl methyl sites for hydroxylation is 1. The van der Waals surface area contributed by atoms with Crippen LogP contribution in [0.5, 0.6) is 11.5 Å². The third kappa shape index (κ3) is 9.20. The molecule has 0 heterocycles. The normalized spacial score (nSPS) is 11.7. The van der Waals surface area contributed by atoms with Crippen molar-refractivity contribution < 1.29 is 9.05 Å². The molecule has 0 N–H and O–H groups in total. The van der Waals surface area contributed by atoms with Gasteiger partial charge >= 0.3 is 5.69 Å². The van der Waals surface area contributed by atoms with E-state index in [1.165, 1.54) is 16.7 Å². The summed E-state index contributed by atoms with van der Waals surface area (Å²) in [4.78, 5) is 0. The van der Waals surface area contributed by atoms with Gasteiger partial charge < -0.3 is 9.05 Å². The van der Waals surface area contributed by atoms with Gasteiger partial charge in [-0.2, -0.15) is 0 Å². The summed E-state index contributed by atoms with van der Waals surface area (Å²) in [5.41, 5.74) is 1.16. The first-order valence-corrected chi connectivity index (χ1v) is 15.9. The molecule has 0 amide bonds. The highest BCUT2D eigenvalue weighted by Crippen LogP contribution is 2.60. The molecule has 2 nitrogen and oxygen atoms in total. The fourth-order valence-corrected chi connectivity index (χ4v) is 8.05. The number of rotatable bonds is 12. The lowest BCUT2D eigenvalue weighted by Crippen LogP contribution is -2.01. The number of hydrogen-bond acceptors (Lipinski definition) is 4. The molecular weight excluding hydrogens is 463 g/mol. The first-order valence-electron chi connectivity index (χ1n) is 11.7. The summed E-state index contributed by atoms with van der Waals surface area (Å²) in [6.45, 7) is 8.91. The summed E-state index contributed by atoms with van der Waals surface area (Å²) in [5.74, 6) is 3.61. The van der Waals surface area contributed by atoms with Crippen LogP contribution in [-0.4, -0.2) is 5.75 Å². The minimum Gasteiger partial charge on any atom is -0.428 e. The molecular formula is C28H35O2PS2. The zero-order valence-corrected chi connectivity index (χ0v) is 22.6. The van der Waals surface area contributed by atoms with Gasteiger partial charge in [-0.05, 0) is 95.2 Å². The largest absolute Gasteiger partial charge is 0.428 e. The molecule has 33 heavy (non-hydrogen) atoms. The predicted octanol–water partition coefficient (Wildman–Crippen LogP) is 8.74. The van der Waals surface area contributed by atoms with Crippen molar-refractivity contribution in [2.75, 3.05) is 5.75 Å². The van der Waals surface area contributed by atoms with Crippen molar-refractivity contribution in [1.82, 2.24) is 0 Å². The molecule has 0 aromatic heterocycles. The summed E-state index contributed by atoms with van der Waals surface area (Å²) < 4.78 is 12.9. The Balaban J connectivity index is 1.78. The summed E-state index contributed by atoms with van der Waals surface area (Å²) in [7, 11) is 0. The topological polar surface area (TPSA) is 18.5 Å². The molecule has 0 bridgehead atoms. The van der Waals surface area contributed by atoms with Crippen molar-refractivity contribution in [1.29, 1.82) is 0 Å². The van der Waals surface area contributed by atoms with Gasteiger partial charge in [0, 0.05) is 5.75 Å². The minimum atomic E-state index is -2.66. The first-order chi connectivity index (χ1) is 15.8. The van der Waals surface area contributed by atoms with Gasteiger partial charge in [0.15, 0.2) is 0 Å². The molecule has 0 spiro atoms. The molecule has 0 aliphatic rings. The van der Waals surface area contributed by atoms with Crippen LogP contribution in [0, 0.1) is 11.8 Å². The molecule has 0 saturated heterocycles. The number of hydrogen-bond donors (Lipinski definition) is 0. The van der Waals surface area contributed by atoms with Crippen molar-refractivity contribution in [3.05, 3.63) is 95.6 Å². The van der Waals surface area contributed by atoms with Crippen molar-refractivity contribution in [2.24, 2.45) is 11.8 Å². The van der Waals surface area contributed by atoms with Crippen molar-refractivity contribution >= 4 is 28.9 Å². The Hall–Kier alpha value is -1.74. The third-order valence-electron chi connectivity index (χ3n) is 5.00. The molecule has 5 heteroatoms. The van der Waals surface area contributed by atoms with E-state index in [1.807, 2.05) is 30.3 Å². The van der Waals surface area contributed by atoms with Crippen LogP contribution in [0.1, 0.15) is 44.4 Å².